The molecule has 1 heterocycles. The van der Waals surface area contributed by atoms with E-state index >= 15 is 0 Å². The summed E-state index contributed by atoms with van der Waals surface area (Å²) in [6.07, 6.45) is 5.45. The molecule has 0 bridgehead atoms. The van der Waals surface area contributed by atoms with E-state index in [1.165, 1.54) is 11.3 Å². The molecule has 0 spiro atoms. The first-order valence-corrected chi connectivity index (χ1v) is 11.1. The number of aryl methyl sites for hydroxylation is 1. The van der Waals surface area contributed by atoms with Crippen LogP contribution in [0.3, 0.4) is 0 Å². The highest BCUT2D eigenvalue weighted by Crippen LogP contribution is 2.43. The Labute approximate surface area is 175 Å². The van der Waals surface area contributed by atoms with Gasteiger partial charge in [0.15, 0.2) is 0 Å². The van der Waals surface area contributed by atoms with E-state index in [4.69, 9.17) is 16.3 Å². The van der Waals surface area contributed by atoms with Gasteiger partial charge < -0.3 is 10.1 Å². The summed E-state index contributed by atoms with van der Waals surface area (Å²) in [6.45, 7) is 4.18. The summed E-state index contributed by atoms with van der Waals surface area (Å²) in [6, 6.07) is 9.40. The predicted octanol–water partition coefficient (Wildman–Crippen LogP) is 5.98. The van der Waals surface area contributed by atoms with Gasteiger partial charge in [-0.2, -0.15) is 0 Å². The minimum Gasteiger partial charge on any atom is -0.462 e. The van der Waals surface area contributed by atoms with Gasteiger partial charge in [0.2, 0.25) is 5.91 Å². The molecular formula is C22H26ClNO3S. The highest BCUT2D eigenvalue weighted by molar-refractivity contribution is 7.16. The van der Waals surface area contributed by atoms with Gasteiger partial charge >= 0.3 is 5.97 Å². The predicted molar refractivity (Wildman–Crippen MR) is 114 cm³/mol. The Hall–Kier alpha value is -1.85. The third-order valence-corrected chi connectivity index (χ3v) is 6.65. The molecule has 0 radical (unpaired) electrons. The second-order valence-corrected chi connectivity index (χ2v) is 8.75. The SMILES string of the molecule is CCCc1cc(C(=O)OCC)c(NC(=O)C2(c3ccc(Cl)cc3)CCCC2)s1. The molecule has 1 aromatic carbocycles. The van der Waals surface area contributed by atoms with E-state index < -0.39 is 5.41 Å². The normalized spacial score (nSPS) is 15.4. The molecule has 1 saturated carbocycles. The highest BCUT2D eigenvalue weighted by atomic mass is 35.5. The molecule has 0 atom stereocenters. The van der Waals surface area contributed by atoms with Crippen molar-refractivity contribution in [1.29, 1.82) is 0 Å². The molecule has 1 fully saturated rings. The fraction of sp³-hybridized carbons (Fsp3) is 0.455. The number of anilines is 1. The van der Waals surface area contributed by atoms with Gasteiger partial charge in [-0.05, 0) is 49.9 Å². The van der Waals surface area contributed by atoms with E-state index in [0.29, 0.717) is 22.2 Å². The molecule has 0 saturated heterocycles. The van der Waals surface area contributed by atoms with Gasteiger partial charge in [-0.3, -0.25) is 4.79 Å². The lowest BCUT2D eigenvalue weighted by Gasteiger charge is -2.28. The second-order valence-electron chi connectivity index (χ2n) is 7.18. The van der Waals surface area contributed by atoms with E-state index in [-0.39, 0.29) is 11.9 Å². The van der Waals surface area contributed by atoms with Gasteiger partial charge in [0.25, 0.3) is 0 Å². The lowest BCUT2D eigenvalue weighted by molar-refractivity contribution is -0.121. The molecule has 0 unspecified atom stereocenters. The third-order valence-electron chi connectivity index (χ3n) is 5.29. The molecule has 1 aliphatic carbocycles. The minimum absolute atomic E-state index is 0.0530. The van der Waals surface area contributed by atoms with Crippen LogP contribution in [0.15, 0.2) is 30.3 Å². The average Bonchev–Trinajstić information content (AvgIpc) is 3.31. The molecule has 2 aromatic rings. The Morgan fingerprint density at radius 3 is 2.46 bits per heavy atom. The van der Waals surface area contributed by atoms with Crippen molar-refractivity contribution in [3.05, 3.63) is 51.4 Å². The molecule has 28 heavy (non-hydrogen) atoms. The van der Waals surface area contributed by atoms with Crippen LogP contribution >= 0.6 is 22.9 Å². The number of halogens is 1. The quantitative estimate of drug-likeness (QED) is 0.561. The topological polar surface area (TPSA) is 55.4 Å². The summed E-state index contributed by atoms with van der Waals surface area (Å²) in [5.74, 6) is -0.439. The maximum absolute atomic E-state index is 13.4. The van der Waals surface area contributed by atoms with Crippen molar-refractivity contribution < 1.29 is 14.3 Å². The first kappa shape index (κ1) is 20.9. The number of ether oxygens (including phenoxy) is 1. The molecule has 6 heteroatoms. The van der Waals surface area contributed by atoms with Crippen LogP contribution in [0.1, 0.15) is 66.8 Å². The summed E-state index contributed by atoms with van der Waals surface area (Å²) >= 11 is 7.51. The molecule has 150 valence electrons. The van der Waals surface area contributed by atoms with Crippen LogP contribution in [-0.2, 0) is 21.4 Å². The van der Waals surface area contributed by atoms with Crippen molar-refractivity contribution in [3.8, 4) is 0 Å². The number of hydrogen-bond donors (Lipinski definition) is 1. The fourth-order valence-electron chi connectivity index (χ4n) is 3.88. The summed E-state index contributed by atoms with van der Waals surface area (Å²) in [4.78, 5) is 26.9. The maximum Gasteiger partial charge on any atom is 0.341 e. The summed E-state index contributed by atoms with van der Waals surface area (Å²) < 4.78 is 5.19. The zero-order valence-electron chi connectivity index (χ0n) is 16.3. The Morgan fingerprint density at radius 2 is 1.86 bits per heavy atom. The van der Waals surface area contributed by atoms with Gasteiger partial charge in [-0.25, -0.2) is 4.79 Å². The molecule has 1 aromatic heterocycles. The number of amides is 1. The van der Waals surface area contributed by atoms with E-state index in [1.54, 1.807) is 6.92 Å². The Balaban J connectivity index is 1.91. The van der Waals surface area contributed by atoms with Gasteiger partial charge in [0, 0.05) is 9.90 Å². The monoisotopic (exact) mass is 419 g/mol. The van der Waals surface area contributed by atoms with Gasteiger partial charge in [0.1, 0.15) is 5.00 Å². The third kappa shape index (κ3) is 4.26. The second kappa shape index (κ2) is 9.10. The van der Waals surface area contributed by atoms with Crippen molar-refractivity contribution in [3.63, 3.8) is 0 Å². The van der Waals surface area contributed by atoms with Gasteiger partial charge in [-0.15, -0.1) is 11.3 Å². The van der Waals surface area contributed by atoms with Crippen LogP contribution in [0, 0.1) is 0 Å². The maximum atomic E-state index is 13.4. The minimum atomic E-state index is -0.578. The zero-order valence-corrected chi connectivity index (χ0v) is 17.9. The lowest BCUT2D eigenvalue weighted by atomic mass is 9.78. The molecule has 3 rings (SSSR count). The fourth-order valence-corrected chi connectivity index (χ4v) is 5.15. The van der Waals surface area contributed by atoms with Crippen LogP contribution in [0.5, 0.6) is 0 Å². The van der Waals surface area contributed by atoms with Crippen molar-refractivity contribution in [1.82, 2.24) is 0 Å². The van der Waals surface area contributed by atoms with Crippen LogP contribution in [-0.4, -0.2) is 18.5 Å². The number of hydrogen-bond acceptors (Lipinski definition) is 4. The lowest BCUT2D eigenvalue weighted by Crippen LogP contribution is -2.38. The van der Waals surface area contributed by atoms with Crippen molar-refractivity contribution in [2.75, 3.05) is 11.9 Å². The van der Waals surface area contributed by atoms with E-state index in [0.717, 1.165) is 49.0 Å². The standard InChI is InChI=1S/C22H26ClNO3S/c1-3-7-17-14-18(20(25)27-4-2)19(28-17)24-21(26)22(12-5-6-13-22)15-8-10-16(23)11-9-15/h8-11,14H,3-7,12-13H2,1-2H3,(H,24,26). The van der Waals surface area contributed by atoms with Crippen LogP contribution in [0.4, 0.5) is 5.00 Å². The molecule has 1 N–H and O–H groups in total. The van der Waals surface area contributed by atoms with Crippen LogP contribution in [0.25, 0.3) is 0 Å². The number of carbonyl (C=O) groups is 2. The first-order valence-electron chi connectivity index (χ1n) is 9.87. The van der Waals surface area contributed by atoms with E-state index in [9.17, 15) is 9.59 Å². The molecular weight excluding hydrogens is 394 g/mol. The first-order chi connectivity index (χ1) is 13.5. The Morgan fingerprint density at radius 1 is 1.18 bits per heavy atom. The summed E-state index contributed by atoms with van der Waals surface area (Å²) in [7, 11) is 0. The molecule has 4 nitrogen and oxygen atoms in total. The van der Waals surface area contributed by atoms with Gasteiger partial charge in [0.05, 0.1) is 17.6 Å². The number of thiophene rings is 1. The molecule has 1 aliphatic rings. The van der Waals surface area contributed by atoms with Crippen LogP contribution < -0.4 is 5.32 Å². The number of rotatable bonds is 7. The molecule has 0 aliphatic heterocycles. The number of nitrogens with one attached hydrogen (secondary N) is 1. The van der Waals surface area contributed by atoms with Crippen molar-refractivity contribution >= 4 is 39.8 Å². The Bertz CT molecular complexity index is 838. The van der Waals surface area contributed by atoms with Crippen molar-refractivity contribution in [2.24, 2.45) is 0 Å². The van der Waals surface area contributed by atoms with E-state index in [1.807, 2.05) is 30.3 Å². The highest BCUT2D eigenvalue weighted by Gasteiger charge is 2.43. The zero-order chi connectivity index (χ0) is 20.1. The van der Waals surface area contributed by atoms with Crippen LogP contribution in [0.2, 0.25) is 5.02 Å². The number of esters is 1. The largest absolute Gasteiger partial charge is 0.462 e. The smallest absolute Gasteiger partial charge is 0.341 e. The summed E-state index contributed by atoms with van der Waals surface area (Å²) in [5.41, 5.74) is 0.855. The van der Waals surface area contributed by atoms with E-state index in [2.05, 4.69) is 12.2 Å². The number of carbonyl (C=O) groups excluding carboxylic acids is 2. The van der Waals surface area contributed by atoms with Gasteiger partial charge in [-0.1, -0.05) is 49.9 Å². The Kier molecular flexibility index (Phi) is 6.78. The van der Waals surface area contributed by atoms with Crippen molar-refractivity contribution in [2.45, 2.75) is 57.8 Å². The summed E-state index contributed by atoms with van der Waals surface area (Å²) in [5, 5.41) is 4.32. The average molecular weight is 420 g/mol. The number of benzene rings is 1. The molecule has 1 amide bonds.